The Labute approximate surface area is 162 Å². The molecule has 0 saturated carbocycles. The molecule has 1 aliphatic carbocycles. The zero-order valence-corrected chi connectivity index (χ0v) is 15.9. The van der Waals surface area contributed by atoms with E-state index in [0.29, 0.717) is 34.9 Å². The molecular formula is C20H21N3O5. The number of carbonyl (C=O) groups is 2. The third-order valence-electron chi connectivity index (χ3n) is 5.18. The van der Waals surface area contributed by atoms with E-state index in [2.05, 4.69) is 10.4 Å². The Morgan fingerprint density at radius 2 is 2.04 bits per heavy atom. The molecule has 8 nitrogen and oxygen atoms in total. The number of nitrogens with zero attached hydrogens (tertiary/aromatic N) is 2. The topological polar surface area (TPSA) is 91.7 Å². The molecule has 0 fully saturated rings. The number of nitrogens with one attached hydrogen (secondary N) is 1. The maximum atomic E-state index is 12.8. The molecule has 146 valence electrons. The van der Waals surface area contributed by atoms with E-state index in [1.165, 1.54) is 13.3 Å². The second-order valence-corrected chi connectivity index (χ2v) is 6.65. The fourth-order valence-electron chi connectivity index (χ4n) is 3.85. The van der Waals surface area contributed by atoms with Crippen LogP contribution in [0, 0.1) is 0 Å². The van der Waals surface area contributed by atoms with Gasteiger partial charge in [0.15, 0.2) is 5.78 Å². The van der Waals surface area contributed by atoms with Crippen LogP contribution in [-0.2, 0) is 9.53 Å². The van der Waals surface area contributed by atoms with Gasteiger partial charge in [-0.3, -0.25) is 4.79 Å². The van der Waals surface area contributed by atoms with Gasteiger partial charge in [-0.25, -0.2) is 9.48 Å². The van der Waals surface area contributed by atoms with Crippen LogP contribution in [-0.4, -0.2) is 42.9 Å². The lowest BCUT2D eigenvalue weighted by atomic mass is 9.85. The molecular weight excluding hydrogens is 362 g/mol. The summed E-state index contributed by atoms with van der Waals surface area (Å²) in [6.45, 7) is 0. The highest BCUT2D eigenvalue weighted by molar-refractivity contribution is 6.01. The van der Waals surface area contributed by atoms with Crippen LogP contribution >= 0.6 is 0 Å². The standard InChI is InChI=1S/C20H21N3O5/c1-26-11-7-8-12(16(9-11)27-2)18-17-14(5-4-6-15(17)24)22-19-13(20(25)28-3)10-21-23(18)19/h7-10,18,22H,4-6H2,1-3H3. The average Bonchev–Trinajstić information content (AvgIpc) is 3.15. The van der Waals surface area contributed by atoms with Crippen molar-refractivity contribution in [2.45, 2.75) is 25.3 Å². The molecule has 2 aromatic rings. The number of carbonyl (C=O) groups excluding carboxylic acids is 2. The van der Waals surface area contributed by atoms with Crippen molar-refractivity contribution in [3.8, 4) is 11.5 Å². The summed E-state index contributed by atoms with van der Waals surface area (Å²) in [4.78, 5) is 25.0. The number of ketones is 1. The third kappa shape index (κ3) is 2.72. The number of aromatic nitrogens is 2. The minimum absolute atomic E-state index is 0.0670. The number of rotatable bonds is 4. The lowest BCUT2D eigenvalue weighted by Crippen LogP contribution is -2.32. The van der Waals surface area contributed by atoms with Gasteiger partial charge in [-0.05, 0) is 25.0 Å². The molecule has 8 heteroatoms. The van der Waals surface area contributed by atoms with Crippen molar-refractivity contribution < 1.29 is 23.8 Å². The number of Topliss-reactive ketones (excluding diaryl/α,β-unsaturated/α-hetero) is 1. The molecule has 28 heavy (non-hydrogen) atoms. The Hall–Kier alpha value is -3.29. The largest absolute Gasteiger partial charge is 0.497 e. The molecule has 1 atom stereocenters. The molecule has 4 rings (SSSR count). The Balaban J connectivity index is 1.94. The molecule has 1 aliphatic heterocycles. The highest BCUT2D eigenvalue weighted by Gasteiger charge is 2.39. The minimum atomic E-state index is -0.502. The highest BCUT2D eigenvalue weighted by Crippen LogP contribution is 2.44. The number of allylic oxidation sites excluding steroid dienone is 2. The molecule has 0 radical (unpaired) electrons. The first-order valence-corrected chi connectivity index (χ1v) is 9.00. The number of esters is 1. The summed E-state index contributed by atoms with van der Waals surface area (Å²) in [5.41, 5.74) is 2.57. The SMILES string of the molecule is COC(=O)c1cnn2c1NC1=C(C(=O)CCC1)C2c1ccc(OC)cc1OC. The first-order chi connectivity index (χ1) is 13.6. The van der Waals surface area contributed by atoms with Crippen LogP contribution in [0.15, 0.2) is 35.7 Å². The summed E-state index contributed by atoms with van der Waals surface area (Å²) in [6.07, 6.45) is 3.43. The minimum Gasteiger partial charge on any atom is -0.497 e. The Morgan fingerprint density at radius 3 is 2.75 bits per heavy atom. The summed E-state index contributed by atoms with van der Waals surface area (Å²) >= 11 is 0. The van der Waals surface area contributed by atoms with Crippen LogP contribution in [0.25, 0.3) is 0 Å². The zero-order chi connectivity index (χ0) is 19.8. The number of hydrogen-bond acceptors (Lipinski definition) is 7. The monoisotopic (exact) mass is 383 g/mol. The summed E-state index contributed by atoms with van der Waals surface area (Å²) < 4.78 is 17.4. The third-order valence-corrected chi connectivity index (χ3v) is 5.18. The maximum absolute atomic E-state index is 12.8. The van der Waals surface area contributed by atoms with Crippen molar-refractivity contribution in [3.63, 3.8) is 0 Å². The van der Waals surface area contributed by atoms with Crippen LogP contribution in [0.1, 0.15) is 41.2 Å². The Kier molecular flexibility index (Phi) is 4.54. The number of ether oxygens (including phenoxy) is 3. The van der Waals surface area contributed by atoms with E-state index in [1.54, 1.807) is 25.0 Å². The van der Waals surface area contributed by atoms with Crippen LogP contribution in [0.2, 0.25) is 0 Å². The lowest BCUT2D eigenvalue weighted by molar-refractivity contribution is -0.116. The summed E-state index contributed by atoms with van der Waals surface area (Å²) in [5, 5.41) is 7.65. The van der Waals surface area contributed by atoms with E-state index in [9.17, 15) is 9.59 Å². The van der Waals surface area contributed by atoms with Gasteiger partial charge in [0.25, 0.3) is 0 Å². The predicted octanol–water partition coefficient (Wildman–Crippen LogP) is 2.71. The average molecular weight is 383 g/mol. The first kappa shape index (κ1) is 18.1. The number of fused-ring (bicyclic) bond motifs is 1. The molecule has 1 N–H and O–H groups in total. The summed E-state index contributed by atoms with van der Waals surface area (Å²) in [5.74, 6) is 1.33. The number of anilines is 1. The van der Waals surface area contributed by atoms with Crippen LogP contribution < -0.4 is 14.8 Å². The van der Waals surface area contributed by atoms with Crippen molar-refractivity contribution in [1.82, 2.24) is 9.78 Å². The molecule has 1 aromatic carbocycles. The molecule has 0 spiro atoms. The maximum Gasteiger partial charge on any atom is 0.343 e. The Morgan fingerprint density at radius 1 is 1.21 bits per heavy atom. The van der Waals surface area contributed by atoms with Gasteiger partial charge in [-0.2, -0.15) is 5.10 Å². The quantitative estimate of drug-likeness (QED) is 0.812. The van der Waals surface area contributed by atoms with Crippen molar-refractivity contribution in [3.05, 3.63) is 46.8 Å². The summed E-state index contributed by atoms with van der Waals surface area (Å²) in [7, 11) is 4.48. The van der Waals surface area contributed by atoms with E-state index in [4.69, 9.17) is 14.2 Å². The van der Waals surface area contributed by atoms with Crippen molar-refractivity contribution in [2.75, 3.05) is 26.6 Å². The second-order valence-electron chi connectivity index (χ2n) is 6.65. The molecule has 0 bridgehead atoms. The number of methoxy groups -OCH3 is 3. The highest BCUT2D eigenvalue weighted by atomic mass is 16.5. The molecule has 2 heterocycles. The van der Waals surface area contributed by atoms with Gasteiger partial charge in [-0.15, -0.1) is 0 Å². The van der Waals surface area contributed by atoms with E-state index in [-0.39, 0.29) is 5.78 Å². The number of hydrogen-bond donors (Lipinski definition) is 1. The van der Waals surface area contributed by atoms with Crippen molar-refractivity contribution >= 4 is 17.6 Å². The van der Waals surface area contributed by atoms with Crippen LogP contribution in [0.4, 0.5) is 5.82 Å². The fourth-order valence-corrected chi connectivity index (χ4v) is 3.85. The van der Waals surface area contributed by atoms with Gasteiger partial charge in [0.05, 0.1) is 27.5 Å². The molecule has 0 amide bonds. The van der Waals surface area contributed by atoms with Gasteiger partial charge in [0.2, 0.25) is 0 Å². The summed E-state index contributed by atoms with van der Waals surface area (Å²) in [6, 6.07) is 4.95. The van der Waals surface area contributed by atoms with Crippen molar-refractivity contribution in [1.29, 1.82) is 0 Å². The fraction of sp³-hybridized carbons (Fsp3) is 0.350. The van der Waals surface area contributed by atoms with Crippen molar-refractivity contribution in [2.24, 2.45) is 0 Å². The van der Waals surface area contributed by atoms with E-state index in [1.807, 2.05) is 12.1 Å². The lowest BCUT2D eigenvalue weighted by Gasteiger charge is -2.34. The number of benzene rings is 1. The normalized spacial score (nSPS) is 18.1. The smallest absolute Gasteiger partial charge is 0.343 e. The van der Waals surface area contributed by atoms with E-state index >= 15 is 0 Å². The second kappa shape index (κ2) is 7.03. The molecule has 1 unspecified atom stereocenters. The Bertz CT molecular complexity index is 992. The van der Waals surface area contributed by atoms with Gasteiger partial charge in [0.1, 0.15) is 28.9 Å². The van der Waals surface area contributed by atoms with Gasteiger partial charge in [-0.1, -0.05) is 0 Å². The van der Waals surface area contributed by atoms with Crippen LogP contribution in [0.5, 0.6) is 11.5 Å². The molecule has 0 saturated heterocycles. The first-order valence-electron chi connectivity index (χ1n) is 9.00. The predicted molar refractivity (Wildman–Crippen MR) is 101 cm³/mol. The van der Waals surface area contributed by atoms with Gasteiger partial charge in [0, 0.05) is 29.3 Å². The van der Waals surface area contributed by atoms with Crippen LogP contribution in [0.3, 0.4) is 0 Å². The van der Waals surface area contributed by atoms with E-state index in [0.717, 1.165) is 24.1 Å². The van der Waals surface area contributed by atoms with Gasteiger partial charge >= 0.3 is 5.97 Å². The van der Waals surface area contributed by atoms with E-state index < -0.39 is 12.0 Å². The molecule has 1 aromatic heterocycles. The zero-order valence-electron chi connectivity index (χ0n) is 15.9. The van der Waals surface area contributed by atoms with Gasteiger partial charge < -0.3 is 19.5 Å². The molecule has 2 aliphatic rings.